The molecule has 0 saturated carbocycles. The fraction of sp³-hybridized carbons (Fsp3) is 0.900. The Kier molecular flexibility index (Phi) is 9.03. The van der Waals surface area contributed by atoms with Gasteiger partial charge in [0.25, 0.3) is 0 Å². The summed E-state index contributed by atoms with van der Waals surface area (Å²) < 4.78 is 7.85. The summed E-state index contributed by atoms with van der Waals surface area (Å²) in [6.45, 7) is 5.92. The van der Waals surface area contributed by atoms with Crippen LogP contribution >= 0.6 is 0 Å². The number of carbonyl (C=O) groups excluding carboxylic acids is 1. The summed E-state index contributed by atoms with van der Waals surface area (Å²) in [4.78, 5) is 10.8. The van der Waals surface area contributed by atoms with Crippen molar-refractivity contribution in [3.8, 4) is 0 Å². The van der Waals surface area contributed by atoms with E-state index in [-0.39, 0.29) is 5.97 Å². The summed E-state index contributed by atoms with van der Waals surface area (Å²) in [6, 6.07) is 0. The maximum atomic E-state index is 10.8. The molecule has 0 heterocycles. The first-order valence-electron chi connectivity index (χ1n) is 5.23. The van der Waals surface area contributed by atoms with Crippen LogP contribution in [0.2, 0.25) is 8.87 Å². The second-order valence-corrected chi connectivity index (χ2v) is 9.85. The van der Waals surface area contributed by atoms with E-state index in [1.54, 1.807) is 6.92 Å². The molecular formula is C10H21O2Sn. The van der Waals surface area contributed by atoms with E-state index in [0.29, 0.717) is 0 Å². The van der Waals surface area contributed by atoms with E-state index in [0.717, 1.165) is 0 Å². The van der Waals surface area contributed by atoms with E-state index in [2.05, 4.69) is 13.8 Å². The van der Waals surface area contributed by atoms with Crippen LogP contribution in [0, 0.1) is 0 Å². The summed E-state index contributed by atoms with van der Waals surface area (Å²) in [5, 5.41) is 0. The van der Waals surface area contributed by atoms with Crippen LogP contribution in [0.25, 0.3) is 0 Å². The van der Waals surface area contributed by atoms with Gasteiger partial charge >= 0.3 is 89.3 Å². The zero-order valence-electron chi connectivity index (χ0n) is 9.06. The van der Waals surface area contributed by atoms with Crippen LogP contribution in [0.3, 0.4) is 0 Å². The number of rotatable bonds is 7. The van der Waals surface area contributed by atoms with Crippen molar-refractivity contribution in [2.45, 2.75) is 55.3 Å². The van der Waals surface area contributed by atoms with Crippen molar-refractivity contribution in [3.63, 3.8) is 0 Å². The van der Waals surface area contributed by atoms with Crippen molar-refractivity contribution in [1.29, 1.82) is 0 Å². The summed E-state index contributed by atoms with van der Waals surface area (Å²) in [5.41, 5.74) is 0. The van der Waals surface area contributed by atoms with Crippen LogP contribution in [-0.4, -0.2) is 26.1 Å². The summed E-state index contributed by atoms with van der Waals surface area (Å²) in [5.74, 6) is -0.0541. The average Bonchev–Trinajstić information content (AvgIpc) is 2.09. The predicted molar refractivity (Wildman–Crippen MR) is 57.0 cm³/mol. The second-order valence-electron chi connectivity index (χ2n) is 3.34. The van der Waals surface area contributed by atoms with Gasteiger partial charge in [0.2, 0.25) is 0 Å². The van der Waals surface area contributed by atoms with E-state index in [1.807, 2.05) is 0 Å². The molecule has 3 heteroatoms. The van der Waals surface area contributed by atoms with Crippen LogP contribution in [0.15, 0.2) is 0 Å². The molecule has 0 aromatic carbocycles. The number of hydrogen-bond donors (Lipinski definition) is 0. The Morgan fingerprint density at radius 3 is 1.92 bits per heavy atom. The Bertz CT molecular complexity index is 129. The van der Waals surface area contributed by atoms with Crippen molar-refractivity contribution in [3.05, 3.63) is 0 Å². The molecule has 1 radical (unpaired) electrons. The Morgan fingerprint density at radius 2 is 1.62 bits per heavy atom. The van der Waals surface area contributed by atoms with E-state index < -0.39 is 20.2 Å². The maximum absolute atomic E-state index is 10.8. The average molecular weight is 292 g/mol. The fourth-order valence-electron chi connectivity index (χ4n) is 1.18. The quantitative estimate of drug-likeness (QED) is 0.674. The number of hydrogen-bond acceptors (Lipinski definition) is 2. The van der Waals surface area contributed by atoms with Crippen molar-refractivity contribution in [2.75, 3.05) is 0 Å². The minimum atomic E-state index is -1.73. The van der Waals surface area contributed by atoms with Crippen molar-refractivity contribution >= 4 is 26.1 Å². The Morgan fingerprint density at radius 1 is 1.15 bits per heavy atom. The monoisotopic (exact) mass is 293 g/mol. The molecule has 0 aliphatic carbocycles. The molecule has 0 unspecified atom stereocenters. The van der Waals surface area contributed by atoms with Gasteiger partial charge in [-0.05, 0) is 0 Å². The van der Waals surface area contributed by atoms with Gasteiger partial charge in [-0.2, -0.15) is 0 Å². The van der Waals surface area contributed by atoms with Gasteiger partial charge < -0.3 is 0 Å². The van der Waals surface area contributed by atoms with E-state index in [4.69, 9.17) is 3.07 Å². The Labute approximate surface area is 89.3 Å². The molecule has 0 aliphatic rings. The SMILES string of the molecule is CCC[CH2][Sn]([CH2]CCC)[O]C(C)=O. The fourth-order valence-corrected chi connectivity index (χ4v) is 7.90. The normalized spacial score (nSPS) is 10.5. The molecule has 77 valence electrons. The van der Waals surface area contributed by atoms with Crippen LogP contribution in [0.4, 0.5) is 0 Å². The van der Waals surface area contributed by atoms with Gasteiger partial charge in [0.15, 0.2) is 0 Å². The van der Waals surface area contributed by atoms with E-state index >= 15 is 0 Å². The van der Waals surface area contributed by atoms with Gasteiger partial charge in [-0.1, -0.05) is 0 Å². The first-order valence-corrected chi connectivity index (χ1v) is 10.4. The number of unbranched alkanes of at least 4 members (excludes halogenated alkanes) is 2. The molecule has 0 spiro atoms. The molecule has 0 amide bonds. The van der Waals surface area contributed by atoms with Crippen molar-refractivity contribution < 1.29 is 7.87 Å². The first kappa shape index (κ1) is 13.3. The molecule has 0 aliphatic heterocycles. The van der Waals surface area contributed by atoms with Gasteiger partial charge in [0.1, 0.15) is 0 Å². The topological polar surface area (TPSA) is 26.3 Å². The molecule has 0 rings (SSSR count). The molecular weight excluding hydrogens is 271 g/mol. The standard InChI is InChI=1S/2C4H9.C2H4O2.Sn/c2*1-3-4-2;1-2(3)4;/h2*1,3-4H2,2H3;1H3,(H,3,4);/q;;;+1/p-1. The van der Waals surface area contributed by atoms with Crippen LogP contribution in [0.1, 0.15) is 46.5 Å². The molecule has 0 N–H and O–H groups in total. The molecule has 0 atom stereocenters. The Balaban J connectivity index is 3.66. The first-order chi connectivity index (χ1) is 6.20. The third-order valence-electron chi connectivity index (χ3n) is 1.91. The summed E-state index contributed by atoms with van der Waals surface area (Å²) >= 11 is -1.73. The van der Waals surface area contributed by atoms with Crippen molar-refractivity contribution in [2.24, 2.45) is 0 Å². The molecule has 0 bridgehead atoms. The van der Waals surface area contributed by atoms with Gasteiger partial charge in [0.05, 0.1) is 0 Å². The molecule has 0 aromatic rings. The third-order valence-corrected chi connectivity index (χ3v) is 8.75. The van der Waals surface area contributed by atoms with Crippen LogP contribution in [-0.2, 0) is 7.87 Å². The van der Waals surface area contributed by atoms with Gasteiger partial charge in [-0.15, -0.1) is 0 Å². The van der Waals surface area contributed by atoms with Gasteiger partial charge in [-0.3, -0.25) is 0 Å². The third kappa shape index (κ3) is 8.59. The zero-order valence-corrected chi connectivity index (χ0v) is 11.9. The molecule has 0 saturated heterocycles. The van der Waals surface area contributed by atoms with Gasteiger partial charge in [-0.25, -0.2) is 0 Å². The predicted octanol–water partition coefficient (Wildman–Crippen LogP) is 3.14. The van der Waals surface area contributed by atoms with Crippen molar-refractivity contribution in [1.82, 2.24) is 0 Å². The second kappa shape index (κ2) is 8.85. The molecule has 2 nitrogen and oxygen atoms in total. The van der Waals surface area contributed by atoms with E-state index in [9.17, 15) is 4.79 Å². The molecule has 0 aromatic heterocycles. The Hall–Kier alpha value is 0.269. The van der Waals surface area contributed by atoms with Crippen LogP contribution < -0.4 is 0 Å². The number of carbonyl (C=O) groups is 1. The summed E-state index contributed by atoms with van der Waals surface area (Å²) in [6.07, 6.45) is 4.92. The molecule has 13 heavy (non-hydrogen) atoms. The van der Waals surface area contributed by atoms with E-state index in [1.165, 1.54) is 34.6 Å². The summed E-state index contributed by atoms with van der Waals surface area (Å²) in [7, 11) is 0. The van der Waals surface area contributed by atoms with Crippen LogP contribution in [0.5, 0.6) is 0 Å². The minimum absolute atomic E-state index is 0.0541. The zero-order chi connectivity index (χ0) is 10.1. The van der Waals surface area contributed by atoms with Gasteiger partial charge in [0, 0.05) is 0 Å². The molecule has 0 fully saturated rings.